The van der Waals surface area contributed by atoms with Crippen molar-refractivity contribution in [3.8, 4) is 0 Å². The Morgan fingerprint density at radius 3 is 2.82 bits per heavy atom. The molecule has 0 spiro atoms. The molecule has 1 aromatic carbocycles. The third-order valence-corrected chi connectivity index (χ3v) is 3.18. The van der Waals surface area contributed by atoms with Gasteiger partial charge in [0, 0.05) is 18.7 Å². The normalized spacial score (nSPS) is 17.1. The summed E-state index contributed by atoms with van der Waals surface area (Å²) in [5.41, 5.74) is 0.651. The average molecular weight is 237 g/mol. The first-order chi connectivity index (χ1) is 8.31. The predicted molar refractivity (Wildman–Crippen MR) is 66.4 cm³/mol. The van der Waals surface area contributed by atoms with Gasteiger partial charge in [0.2, 0.25) is 0 Å². The van der Waals surface area contributed by atoms with Crippen LogP contribution in [0, 0.1) is 11.7 Å². The number of hydrogen-bond donors (Lipinski definition) is 1. The van der Waals surface area contributed by atoms with Gasteiger partial charge in [-0.15, -0.1) is 0 Å². The van der Waals surface area contributed by atoms with Crippen LogP contribution in [0.5, 0.6) is 0 Å². The highest BCUT2D eigenvalue weighted by Crippen LogP contribution is 2.32. The zero-order chi connectivity index (χ0) is 12.1. The number of benzene rings is 1. The van der Waals surface area contributed by atoms with Gasteiger partial charge in [0.15, 0.2) is 0 Å². The molecule has 0 amide bonds. The molecule has 0 aromatic heterocycles. The van der Waals surface area contributed by atoms with E-state index in [0.29, 0.717) is 12.1 Å². The molecule has 0 heterocycles. The fourth-order valence-corrected chi connectivity index (χ4v) is 1.96. The number of nitrogens with one attached hydrogen (secondary N) is 1. The molecule has 1 fully saturated rings. The maximum atomic E-state index is 13.7. The molecule has 2 nitrogen and oxygen atoms in total. The molecule has 1 unspecified atom stereocenters. The first-order valence-corrected chi connectivity index (χ1v) is 6.32. The summed E-state index contributed by atoms with van der Waals surface area (Å²) in [6, 6.07) is 6.85. The minimum atomic E-state index is -0.181. The molecule has 0 aliphatic heterocycles. The first-order valence-electron chi connectivity index (χ1n) is 6.32. The monoisotopic (exact) mass is 237 g/mol. The van der Waals surface area contributed by atoms with E-state index in [4.69, 9.17) is 4.74 Å². The molecule has 0 bridgehead atoms. The van der Waals surface area contributed by atoms with Gasteiger partial charge in [0.1, 0.15) is 5.82 Å². The third kappa shape index (κ3) is 3.79. The third-order valence-electron chi connectivity index (χ3n) is 3.18. The van der Waals surface area contributed by atoms with Gasteiger partial charge in [-0.25, -0.2) is 4.39 Å². The summed E-state index contributed by atoms with van der Waals surface area (Å²) in [6.45, 7) is 1.37. The fourth-order valence-electron chi connectivity index (χ4n) is 1.96. The van der Waals surface area contributed by atoms with Crippen molar-refractivity contribution in [3.05, 3.63) is 35.6 Å². The molecule has 0 radical (unpaired) electrons. The summed E-state index contributed by atoms with van der Waals surface area (Å²) in [5, 5.41) is 3.06. The van der Waals surface area contributed by atoms with E-state index in [-0.39, 0.29) is 11.9 Å². The standard InChI is InChI=1S/C14H20FNO/c1-16-10-14(17-9-8-11-6-7-11)12-4-2-3-5-13(12)15/h2-5,11,14,16H,6-10H2,1H3. The van der Waals surface area contributed by atoms with Gasteiger partial charge in [-0.2, -0.15) is 0 Å². The molecule has 0 saturated heterocycles. The van der Waals surface area contributed by atoms with E-state index in [1.54, 1.807) is 12.1 Å². The Bertz CT molecular complexity index is 352. The average Bonchev–Trinajstić information content (AvgIpc) is 3.13. The van der Waals surface area contributed by atoms with Gasteiger partial charge in [-0.3, -0.25) is 0 Å². The van der Waals surface area contributed by atoms with Gasteiger partial charge in [0.05, 0.1) is 6.10 Å². The minimum absolute atomic E-state index is 0.181. The molecule has 1 aliphatic carbocycles. The second kappa shape index (κ2) is 6.12. The van der Waals surface area contributed by atoms with Crippen molar-refractivity contribution in [2.45, 2.75) is 25.4 Å². The lowest BCUT2D eigenvalue weighted by Crippen LogP contribution is -2.21. The SMILES string of the molecule is CNCC(OCCC1CC1)c1ccccc1F. The number of hydrogen-bond acceptors (Lipinski definition) is 2. The molecule has 1 atom stereocenters. The van der Waals surface area contributed by atoms with Crippen LogP contribution in [0.1, 0.15) is 30.9 Å². The second-order valence-electron chi connectivity index (χ2n) is 4.67. The molecular weight excluding hydrogens is 217 g/mol. The number of rotatable bonds is 7. The zero-order valence-electron chi connectivity index (χ0n) is 10.3. The van der Waals surface area contributed by atoms with Crippen LogP contribution in [0.3, 0.4) is 0 Å². The molecule has 1 aromatic rings. The summed E-state index contributed by atoms with van der Waals surface area (Å²) in [7, 11) is 1.86. The predicted octanol–water partition coefficient (Wildman–Crippen LogP) is 2.90. The molecular formula is C14H20FNO. The zero-order valence-corrected chi connectivity index (χ0v) is 10.3. The van der Waals surface area contributed by atoms with E-state index in [0.717, 1.165) is 18.9 Å². The summed E-state index contributed by atoms with van der Waals surface area (Å²) < 4.78 is 19.5. The summed E-state index contributed by atoms with van der Waals surface area (Å²) in [4.78, 5) is 0. The van der Waals surface area contributed by atoms with Crippen LogP contribution in [-0.4, -0.2) is 20.2 Å². The molecule has 17 heavy (non-hydrogen) atoms. The quantitative estimate of drug-likeness (QED) is 0.787. The van der Waals surface area contributed by atoms with E-state index >= 15 is 0 Å². The Hall–Kier alpha value is -0.930. The maximum absolute atomic E-state index is 13.7. The van der Waals surface area contributed by atoms with E-state index in [1.807, 2.05) is 13.1 Å². The Morgan fingerprint density at radius 2 is 2.18 bits per heavy atom. The topological polar surface area (TPSA) is 21.3 Å². The van der Waals surface area contributed by atoms with Gasteiger partial charge < -0.3 is 10.1 Å². The van der Waals surface area contributed by atoms with E-state index in [1.165, 1.54) is 18.9 Å². The van der Waals surface area contributed by atoms with Gasteiger partial charge in [-0.05, 0) is 25.5 Å². The van der Waals surface area contributed by atoms with Crippen molar-refractivity contribution >= 4 is 0 Å². The molecule has 3 heteroatoms. The largest absolute Gasteiger partial charge is 0.372 e. The lowest BCUT2D eigenvalue weighted by Gasteiger charge is -2.18. The van der Waals surface area contributed by atoms with E-state index in [2.05, 4.69) is 5.32 Å². The minimum Gasteiger partial charge on any atom is -0.372 e. The highest BCUT2D eigenvalue weighted by molar-refractivity contribution is 5.20. The summed E-state index contributed by atoms with van der Waals surface area (Å²) in [6.07, 6.45) is 3.59. The smallest absolute Gasteiger partial charge is 0.129 e. The molecule has 1 saturated carbocycles. The van der Waals surface area contributed by atoms with Crippen LogP contribution in [0.15, 0.2) is 24.3 Å². The van der Waals surface area contributed by atoms with Crippen molar-refractivity contribution in [1.82, 2.24) is 5.32 Å². The molecule has 1 aliphatic rings. The number of halogens is 1. The van der Waals surface area contributed by atoms with Crippen LogP contribution in [0.2, 0.25) is 0 Å². The lowest BCUT2D eigenvalue weighted by molar-refractivity contribution is 0.0476. The fraction of sp³-hybridized carbons (Fsp3) is 0.571. The van der Waals surface area contributed by atoms with Crippen molar-refractivity contribution in [2.75, 3.05) is 20.2 Å². The number of likely N-dealkylation sites (N-methyl/N-ethyl adjacent to an activating group) is 1. The van der Waals surface area contributed by atoms with Crippen LogP contribution in [-0.2, 0) is 4.74 Å². The Morgan fingerprint density at radius 1 is 1.41 bits per heavy atom. The van der Waals surface area contributed by atoms with Crippen LogP contribution >= 0.6 is 0 Å². The van der Waals surface area contributed by atoms with Gasteiger partial charge >= 0.3 is 0 Å². The lowest BCUT2D eigenvalue weighted by atomic mass is 10.1. The Labute approximate surface area is 102 Å². The summed E-state index contributed by atoms with van der Waals surface area (Å²) in [5.74, 6) is 0.671. The van der Waals surface area contributed by atoms with Crippen molar-refractivity contribution in [1.29, 1.82) is 0 Å². The van der Waals surface area contributed by atoms with Gasteiger partial charge in [0.25, 0.3) is 0 Å². The van der Waals surface area contributed by atoms with Crippen molar-refractivity contribution in [2.24, 2.45) is 5.92 Å². The molecule has 2 rings (SSSR count). The van der Waals surface area contributed by atoms with Crippen LogP contribution in [0.4, 0.5) is 4.39 Å². The first kappa shape index (κ1) is 12.5. The van der Waals surface area contributed by atoms with Crippen LogP contribution < -0.4 is 5.32 Å². The highest BCUT2D eigenvalue weighted by atomic mass is 19.1. The maximum Gasteiger partial charge on any atom is 0.129 e. The van der Waals surface area contributed by atoms with Gasteiger partial charge in [-0.1, -0.05) is 31.0 Å². The Kier molecular flexibility index (Phi) is 4.51. The van der Waals surface area contributed by atoms with E-state index in [9.17, 15) is 4.39 Å². The Balaban J connectivity index is 1.92. The van der Waals surface area contributed by atoms with Crippen LogP contribution in [0.25, 0.3) is 0 Å². The second-order valence-corrected chi connectivity index (χ2v) is 4.67. The van der Waals surface area contributed by atoms with Crippen molar-refractivity contribution < 1.29 is 9.13 Å². The van der Waals surface area contributed by atoms with E-state index < -0.39 is 0 Å². The van der Waals surface area contributed by atoms with Crippen molar-refractivity contribution in [3.63, 3.8) is 0 Å². The molecule has 1 N–H and O–H groups in total. The highest BCUT2D eigenvalue weighted by Gasteiger charge is 2.22. The molecule has 94 valence electrons. The number of ether oxygens (including phenoxy) is 1. The summed E-state index contributed by atoms with van der Waals surface area (Å²) >= 11 is 0.